The van der Waals surface area contributed by atoms with Gasteiger partial charge in [0.1, 0.15) is 0 Å². The minimum absolute atomic E-state index is 0.230. The van der Waals surface area contributed by atoms with Crippen molar-refractivity contribution in [3.63, 3.8) is 0 Å². The second kappa shape index (κ2) is 6.32. The van der Waals surface area contributed by atoms with Crippen molar-refractivity contribution in [1.82, 2.24) is 25.1 Å². The number of amides is 1. The number of aromatic nitrogens is 4. The van der Waals surface area contributed by atoms with E-state index in [0.29, 0.717) is 33.9 Å². The van der Waals surface area contributed by atoms with Gasteiger partial charge in [0.15, 0.2) is 17.3 Å². The van der Waals surface area contributed by atoms with Gasteiger partial charge in [-0.15, -0.1) is 15.3 Å². The fourth-order valence-electron chi connectivity index (χ4n) is 2.57. The number of carbonyl (C=O) groups excluding carboxylic acids is 1. The quantitative estimate of drug-likeness (QED) is 0.724. The van der Waals surface area contributed by atoms with Gasteiger partial charge >= 0.3 is 0 Å². The molecule has 1 N–H and O–H groups in total. The first-order valence-corrected chi connectivity index (χ1v) is 8.72. The third-order valence-electron chi connectivity index (χ3n) is 4.05. The minimum Gasteiger partial charge on any atom is -0.493 e. The molecule has 1 aromatic carbocycles. The zero-order valence-corrected chi connectivity index (χ0v) is 14.7. The van der Waals surface area contributed by atoms with Gasteiger partial charge < -0.3 is 14.8 Å². The normalized spacial score (nSPS) is 13.8. The van der Waals surface area contributed by atoms with E-state index in [1.807, 2.05) is 18.2 Å². The van der Waals surface area contributed by atoms with Crippen LogP contribution in [0.2, 0.25) is 0 Å². The van der Waals surface area contributed by atoms with E-state index in [1.165, 1.54) is 11.3 Å². The number of rotatable bonds is 6. The van der Waals surface area contributed by atoms with Crippen molar-refractivity contribution in [1.29, 1.82) is 0 Å². The second-order valence-electron chi connectivity index (χ2n) is 5.81. The summed E-state index contributed by atoms with van der Waals surface area (Å²) < 4.78 is 12.2. The highest BCUT2D eigenvalue weighted by molar-refractivity contribution is 7.18. The molecule has 3 aromatic rings. The van der Waals surface area contributed by atoms with Crippen molar-refractivity contribution in [2.75, 3.05) is 14.2 Å². The summed E-state index contributed by atoms with van der Waals surface area (Å²) in [5, 5.41) is 15.9. The molecule has 1 fully saturated rings. The smallest absolute Gasteiger partial charge is 0.282 e. The summed E-state index contributed by atoms with van der Waals surface area (Å²) in [6.45, 7) is 0.370. The Morgan fingerprint density at radius 1 is 1.28 bits per heavy atom. The molecule has 1 aliphatic rings. The van der Waals surface area contributed by atoms with E-state index in [-0.39, 0.29) is 5.91 Å². The summed E-state index contributed by atoms with van der Waals surface area (Å²) in [7, 11) is 3.17. The maximum Gasteiger partial charge on any atom is 0.282 e. The standard InChI is InChI=1S/C16H17N5O3S/c1-23-11-6-3-9(7-12(11)24-2)8-17-14(22)15-20-21-13(10-4-5-10)18-19-16(21)25-15/h3,6-7,10H,4-5,8H2,1-2H3,(H,17,22). The number of benzene rings is 1. The third kappa shape index (κ3) is 3.02. The van der Waals surface area contributed by atoms with Gasteiger partial charge in [-0.2, -0.15) is 4.52 Å². The Hall–Kier alpha value is -2.68. The van der Waals surface area contributed by atoms with Crippen molar-refractivity contribution in [2.24, 2.45) is 0 Å². The van der Waals surface area contributed by atoms with Crippen molar-refractivity contribution in [3.05, 3.63) is 34.6 Å². The molecule has 0 unspecified atom stereocenters. The number of hydrogen-bond donors (Lipinski definition) is 1. The number of nitrogens with one attached hydrogen (secondary N) is 1. The van der Waals surface area contributed by atoms with Crippen LogP contribution in [-0.2, 0) is 6.54 Å². The fraction of sp³-hybridized carbons (Fsp3) is 0.375. The van der Waals surface area contributed by atoms with E-state index in [2.05, 4.69) is 20.6 Å². The summed E-state index contributed by atoms with van der Waals surface area (Å²) in [4.78, 5) is 13.0. The summed E-state index contributed by atoms with van der Waals surface area (Å²) in [5.41, 5.74) is 0.910. The van der Waals surface area contributed by atoms with Crippen LogP contribution in [0.1, 0.15) is 39.9 Å². The van der Waals surface area contributed by atoms with Gasteiger partial charge in [0.25, 0.3) is 5.91 Å². The van der Waals surface area contributed by atoms with Gasteiger partial charge in [-0.25, -0.2) is 0 Å². The zero-order chi connectivity index (χ0) is 17.4. The highest BCUT2D eigenvalue weighted by atomic mass is 32.1. The number of ether oxygens (including phenoxy) is 2. The Bertz CT molecular complexity index is 931. The van der Waals surface area contributed by atoms with Gasteiger partial charge in [-0.1, -0.05) is 17.4 Å². The highest BCUT2D eigenvalue weighted by Crippen LogP contribution is 2.39. The summed E-state index contributed by atoms with van der Waals surface area (Å²) in [6.07, 6.45) is 2.22. The Kier molecular flexibility index (Phi) is 4.00. The van der Waals surface area contributed by atoms with Gasteiger partial charge in [-0.05, 0) is 30.5 Å². The van der Waals surface area contributed by atoms with Crippen molar-refractivity contribution in [2.45, 2.75) is 25.3 Å². The predicted octanol–water partition coefficient (Wildman–Crippen LogP) is 2.01. The third-order valence-corrected chi connectivity index (χ3v) is 4.95. The van der Waals surface area contributed by atoms with E-state index in [9.17, 15) is 4.79 Å². The van der Waals surface area contributed by atoms with Gasteiger partial charge in [0.05, 0.1) is 14.2 Å². The summed E-state index contributed by atoms with van der Waals surface area (Å²) in [6, 6.07) is 5.53. The summed E-state index contributed by atoms with van der Waals surface area (Å²) in [5.74, 6) is 2.33. The molecule has 1 aliphatic carbocycles. The molecule has 1 saturated carbocycles. The monoisotopic (exact) mass is 359 g/mol. The van der Waals surface area contributed by atoms with Gasteiger partial charge in [0, 0.05) is 12.5 Å². The maximum atomic E-state index is 12.4. The predicted molar refractivity (Wildman–Crippen MR) is 91.4 cm³/mol. The number of nitrogens with zero attached hydrogens (tertiary/aromatic N) is 4. The van der Waals surface area contributed by atoms with Crippen LogP contribution in [0.4, 0.5) is 0 Å². The largest absolute Gasteiger partial charge is 0.493 e. The van der Waals surface area contributed by atoms with E-state index in [0.717, 1.165) is 24.2 Å². The summed E-state index contributed by atoms with van der Waals surface area (Å²) >= 11 is 1.24. The first-order chi connectivity index (χ1) is 12.2. The number of carbonyl (C=O) groups is 1. The molecule has 0 bridgehead atoms. The molecule has 2 heterocycles. The van der Waals surface area contributed by atoms with E-state index in [1.54, 1.807) is 18.7 Å². The molecule has 0 radical (unpaired) electrons. The van der Waals surface area contributed by atoms with Gasteiger partial charge in [0.2, 0.25) is 9.97 Å². The lowest BCUT2D eigenvalue weighted by atomic mass is 10.2. The topological polar surface area (TPSA) is 90.6 Å². The lowest BCUT2D eigenvalue weighted by Crippen LogP contribution is -2.23. The van der Waals surface area contributed by atoms with Crippen LogP contribution in [0.25, 0.3) is 4.96 Å². The molecule has 8 nitrogen and oxygen atoms in total. The molecule has 0 atom stereocenters. The van der Waals surface area contributed by atoms with Crippen molar-refractivity contribution in [3.8, 4) is 11.5 Å². The van der Waals surface area contributed by atoms with Crippen LogP contribution in [0.15, 0.2) is 18.2 Å². The van der Waals surface area contributed by atoms with E-state index in [4.69, 9.17) is 9.47 Å². The van der Waals surface area contributed by atoms with Crippen LogP contribution in [-0.4, -0.2) is 39.9 Å². The minimum atomic E-state index is -0.230. The lowest BCUT2D eigenvalue weighted by Gasteiger charge is -2.09. The molecular weight excluding hydrogens is 342 g/mol. The molecule has 0 saturated heterocycles. The molecule has 2 aromatic heterocycles. The van der Waals surface area contributed by atoms with E-state index >= 15 is 0 Å². The van der Waals surface area contributed by atoms with Crippen LogP contribution >= 0.6 is 11.3 Å². The first kappa shape index (κ1) is 15.8. The highest BCUT2D eigenvalue weighted by Gasteiger charge is 2.30. The zero-order valence-electron chi connectivity index (χ0n) is 13.9. The molecule has 130 valence electrons. The second-order valence-corrected chi connectivity index (χ2v) is 6.76. The molecule has 0 spiro atoms. The molecule has 9 heteroatoms. The number of hydrogen-bond acceptors (Lipinski definition) is 7. The Balaban J connectivity index is 1.47. The molecule has 0 aliphatic heterocycles. The Morgan fingerprint density at radius 2 is 2.08 bits per heavy atom. The van der Waals surface area contributed by atoms with Gasteiger partial charge in [-0.3, -0.25) is 4.79 Å². The van der Waals surface area contributed by atoms with Crippen molar-refractivity contribution >= 4 is 22.2 Å². The molecule has 25 heavy (non-hydrogen) atoms. The average molecular weight is 359 g/mol. The van der Waals surface area contributed by atoms with E-state index < -0.39 is 0 Å². The first-order valence-electron chi connectivity index (χ1n) is 7.91. The lowest BCUT2D eigenvalue weighted by molar-refractivity contribution is 0.0949. The van der Waals surface area contributed by atoms with Crippen LogP contribution in [0.3, 0.4) is 0 Å². The number of fused-ring (bicyclic) bond motifs is 1. The van der Waals surface area contributed by atoms with Crippen LogP contribution in [0, 0.1) is 0 Å². The fourth-order valence-corrected chi connectivity index (χ4v) is 3.33. The Morgan fingerprint density at radius 3 is 2.80 bits per heavy atom. The van der Waals surface area contributed by atoms with Crippen LogP contribution in [0.5, 0.6) is 11.5 Å². The number of methoxy groups -OCH3 is 2. The SMILES string of the molecule is COc1ccc(CNC(=O)c2nn3c(C4CC4)nnc3s2)cc1OC. The Labute approximate surface area is 147 Å². The molecular formula is C16H17N5O3S. The maximum absolute atomic E-state index is 12.4. The average Bonchev–Trinajstić information content (AvgIpc) is 3.26. The molecule has 4 rings (SSSR count). The van der Waals surface area contributed by atoms with Crippen molar-refractivity contribution < 1.29 is 14.3 Å². The van der Waals surface area contributed by atoms with Crippen LogP contribution < -0.4 is 14.8 Å². The molecule has 1 amide bonds.